The normalized spacial score (nSPS) is 37.6. The number of esters is 1. The van der Waals surface area contributed by atoms with Gasteiger partial charge in [-0.25, -0.2) is 0 Å². The molecule has 2 heteroatoms. The number of carbonyl (C=O) groups excluding carboxylic acids is 1. The van der Waals surface area contributed by atoms with Gasteiger partial charge in [0.1, 0.15) is 0 Å². The van der Waals surface area contributed by atoms with E-state index < -0.39 is 0 Å². The van der Waals surface area contributed by atoms with Gasteiger partial charge in [0, 0.05) is 6.42 Å². The maximum Gasteiger partial charge on any atom is 0.306 e. The largest absolute Gasteiger partial charge is 0.465 e. The van der Waals surface area contributed by atoms with E-state index in [1.54, 1.807) is 0 Å². The first-order valence-electron chi connectivity index (χ1n) is 4.52. The summed E-state index contributed by atoms with van der Waals surface area (Å²) < 4.78 is 5.01. The van der Waals surface area contributed by atoms with Crippen LogP contribution in [0.4, 0.5) is 0 Å². The molecule has 0 bridgehead atoms. The zero-order valence-electron chi connectivity index (χ0n) is 6.71. The minimum Gasteiger partial charge on any atom is -0.465 e. The molecule has 2 nitrogen and oxygen atoms in total. The van der Waals surface area contributed by atoms with Crippen molar-refractivity contribution in [3.63, 3.8) is 0 Å². The van der Waals surface area contributed by atoms with Gasteiger partial charge in [-0.15, -0.1) is 0 Å². The Morgan fingerprint density at radius 3 is 2.73 bits per heavy atom. The molecule has 0 aromatic carbocycles. The highest BCUT2D eigenvalue weighted by molar-refractivity contribution is 5.70. The third-order valence-corrected chi connectivity index (χ3v) is 2.95. The third-order valence-electron chi connectivity index (χ3n) is 2.95. The van der Waals surface area contributed by atoms with Crippen molar-refractivity contribution in [3.8, 4) is 0 Å². The first kappa shape index (κ1) is 7.14. The van der Waals surface area contributed by atoms with Crippen molar-refractivity contribution < 1.29 is 9.53 Å². The Kier molecular flexibility index (Phi) is 1.84. The van der Waals surface area contributed by atoms with E-state index in [9.17, 15) is 4.79 Å². The van der Waals surface area contributed by atoms with E-state index in [-0.39, 0.29) is 5.97 Å². The first-order valence-corrected chi connectivity index (χ1v) is 4.52. The second-order valence-corrected chi connectivity index (χ2v) is 3.69. The summed E-state index contributed by atoms with van der Waals surface area (Å²) in [5.41, 5.74) is 0. The van der Waals surface area contributed by atoms with Gasteiger partial charge in [0.2, 0.25) is 0 Å². The van der Waals surface area contributed by atoms with Crippen LogP contribution in [0.5, 0.6) is 0 Å². The van der Waals surface area contributed by atoms with Crippen molar-refractivity contribution in [2.75, 3.05) is 6.61 Å². The van der Waals surface area contributed by atoms with Crippen LogP contribution in [0.1, 0.15) is 32.1 Å². The first-order chi connectivity index (χ1) is 5.36. The molecule has 0 amide bonds. The average molecular weight is 154 g/mol. The van der Waals surface area contributed by atoms with Crippen molar-refractivity contribution in [1.82, 2.24) is 0 Å². The molecule has 2 unspecified atom stereocenters. The highest BCUT2D eigenvalue weighted by atomic mass is 16.5. The minimum absolute atomic E-state index is 0.0214. The predicted molar refractivity (Wildman–Crippen MR) is 41.0 cm³/mol. The highest BCUT2D eigenvalue weighted by Crippen LogP contribution is 2.35. The van der Waals surface area contributed by atoms with Crippen LogP contribution in [-0.2, 0) is 9.53 Å². The Morgan fingerprint density at radius 1 is 1.18 bits per heavy atom. The molecule has 1 saturated heterocycles. The number of rotatable bonds is 0. The quantitative estimate of drug-likeness (QED) is 0.497. The van der Waals surface area contributed by atoms with Crippen molar-refractivity contribution in [2.45, 2.75) is 32.1 Å². The van der Waals surface area contributed by atoms with E-state index in [4.69, 9.17) is 4.74 Å². The SMILES string of the molecule is O=C1CC2CCCCC2CO1. The summed E-state index contributed by atoms with van der Waals surface area (Å²) in [7, 11) is 0. The number of carbonyl (C=O) groups is 1. The smallest absolute Gasteiger partial charge is 0.306 e. The second-order valence-electron chi connectivity index (χ2n) is 3.69. The van der Waals surface area contributed by atoms with Crippen LogP contribution < -0.4 is 0 Å². The molecule has 62 valence electrons. The Balaban J connectivity index is 1.98. The number of hydrogen-bond donors (Lipinski definition) is 0. The van der Waals surface area contributed by atoms with Crippen LogP contribution in [0.15, 0.2) is 0 Å². The summed E-state index contributed by atoms with van der Waals surface area (Å²) in [5, 5.41) is 0. The van der Waals surface area contributed by atoms with E-state index in [2.05, 4.69) is 0 Å². The number of fused-ring (bicyclic) bond motifs is 1. The van der Waals surface area contributed by atoms with Gasteiger partial charge in [0.15, 0.2) is 0 Å². The Bertz CT molecular complexity index is 165. The summed E-state index contributed by atoms with van der Waals surface area (Å²) in [6.07, 6.45) is 5.86. The molecule has 1 aliphatic carbocycles. The Morgan fingerprint density at radius 2 is 1.91 bits per heavy atom. The monoisotopic (exact) mass is 154 g/mol. The maximum atomic E-state index is 10.9. The molecule has 2 aliphatic rings. The zero-order valence-corrected chi connectivity index (χ0v) is 6.71. The maximum absolute atomic E-state index is 10.9. The minimum atomic E-state index is 0.0214. The fraction of sp³-hybridized carbons (Fsp3) is 0.889. The van der Waals surface area contributed by atoms with Crippen LogP contribution in [-0.4, -0.2) is 12.6 Å². The molecule has 1 saturated carbocycles. The van der Waals surface area contributed by atoms with Gasteiger partial charge in [-0.3, -0.25) is 4.79 Å². The van der Waals surface area contributed by atoms with Crippen LogP contribution in [0.3, 0.4) is 0 Å². The van der Waals surface area contributed by atoms with Crippen LogP contribution in [0.25, 0.3) is 0 Å². The number of ether oxygens (including phenoxy) is 1. The number of hydrogen-bond acceptors (Lipinski definition) is 2. The van der Waals surface area contributed by atoms with Crippen LogP contribution >= 0.6 is 0 Å². The molecule has 0 aromatic heterocycles. The van der Waals surface area contributed by atoms with Crippen molar-refractivity contribution in [1.29, 1.82) is 0 Å². The molecule has 0 aromatic rings. The van der Waals surface area contributed by atoms with Gasteiger partial charge in [0.05, 0.1) is 6.61 Å². The number of cyclic esters (lactones) is 1. The molecule has 0 spiro atoms. The van der Waals surface area contributed by atoms with Gasteiger partial charge in [-0.1, -0.05) is 12.8 Å². The van der Waals surface area contributed by atoms with E-state index in [0.717, 1.165) is 0 Å². The standard InChI is InChI=1S/C9H14O2/c10-9-5-7-3-1-2-4-8(7)6-11-9/h7-8H,1-6H2. The average Bonchev–Trinajstić information content (AvgIpc) is 2.04. The second kappa shape index (κ2) is 2.84. The van der Waals surface area contributed by atoms with Crippen molar-refractivity contribution >= 4 is 5.97 Å². The molecule has 2 atom stereocenters. The fourth-order valence-corrected chi connectivity index (χ4v) is 2.25. The topological polar surface area (TPSA) is 26.3 Å². The van der Waals surface area contributed by atoms with Crippen molar-refractivity contribution in [2.24, 2.45) is 11.8 Å². The van der Waals surface area contributed by atoms with E-state index >= 15 is 0 Å². The summed E-state index contributed by atoms with van der Waals surface area (Å²) in [5.74, 6) is 1.37. The molecule has 0 radical (unpaired) electrons. The molecule has 2 rings (SSSR count). The van der Waals surface area contributed by atoms with E-state index in [0.29, 0.717) is 24.9 Å². The lowest BCUT2D eigenvalue weighted by Crippen LogP contribution is -2.32. The summed E-state index contributed by atoms with van der Waals surface area (Å²) in [6.45, 7) is 0.698. The Hall–Kier alpha value is -0.530. The van der Waals surface area contributed by atoms with Crippen molar-refractivity contribution in [3.05, 3.63) is 0 Å². The van der Waals surface area contributed by atoms with Crippen LogP contribution in [0.2, 0.25) is 0 Å². The molecule has 2 fully saturated rings. The Labute approximate surface area is 66.9 Å². The lowest BCUT2D eigenvalue weighted by atomic mass is 9.77. The summed E-state index contributed by atoms with van der Waals surface area (Å²) in [4.78, 5) is 10.9. The molecule has 1 heterocycles. The van der Waals surface area contributed by atoms with Gasteiger partial charge < -0.3 is 4.74 Å². The van der Waals surface area contributed by atoms with Gasteiger partial charge in [-0.2, -0.15) is 0 Å². The van der Waals surface area contributed by atoms with Crippen LogP contribution in [0, 0.1) is 11.8 Å². The molecule has 11 heavy (non-hydrogen) atoms. The fourth-order valence-electron chi connectivity index (χ4n) is 2.25. The summed E-state index contributed by atoms with van der Waals surface area (Å²) >= 11 is 0. The van der Waals surface area contributed by atoms with Gasteiger partial charge >= 0.3 is 5.97 Å². The van der Waals surface area contributed by atoms with E-state index in [1.165, 1.54) is 25.7 Å². The predicted octanol–water partition coefficient (Wildman–Crippen LogP) is 1.74. The summed E-state index contributed by atoms with van der Waals surface area (Å²) in [6, 6.07) is 0. The molecule has 1 aliphatic heterocycles. The molecular formula is C9H14O2. The molecule has 0 N–H and O–H groups in total. The lowest BCUT2D eigenvalue weighted by Gasteiger charge is -2.34. The van der Waals surface area contributed by atoms with E-state index in [1.807, 2.05) is 0 Å². The molecular weight excluding hydrogens is 140 g/mol. The zero-order chi connectivity index (χ0) is 7.68. The van der Waals surface area contributed by atoms with Gasteiger partial charge in [0.25, 0.3) is 0 Å². The highest BCUT2D eigenvalue weighted by Gasteiger charge is 2.32. The lowest BCUT2D eigenvalue weighted by molar-refractivity contribution is -0.154. The third kappa shape index (κ3) is 1.39. The van der Waals surface area contributed by atoms with Gasteiger partial charge in [-0.05, 0) is 24.7 Å².